The summed E-state index contributed by atoms with van der Waals surface area (Å²) in [5.74, 6) is -0.347. The van der Waals surface area contributed by atoms with Gasteiger partial charge in [-0.25, -0.2) is 9.18 Å². The van der Waals surface area contributed by atoms with E-state index in [1.807, 2.05) is 12.1 Å². The van der Waals surface area contributed by atoms with E-state index in [1.54, 1.807) is 18.2 Å². The number of methoxy groups -OCH3 is 1. The number of amides is 1. The summed E-state index contributed by atoms with van der Waals surface area (Å²) in [5, 5.41) is 2.62. The van der Waals surface area contributed by atoms with Crippen molar-refractivity contribution in [2.45, 2.75) is 6.10 Å². The normalized spacial score (nSPS) is 15.0. The van der Waals surface area contributed by atoms with Crippen LogP contribution in [0.15, 0.2) is 48.5 Å². The van der Waals surface area contributed by atoms with Crippen LogP contribution in [0.1, 0.15) is 5.56 Å². The highest BCUT2D eigenvalue weighted by Crippen LogP contribution is 2.30. The van der Waals surface area contributed by atoms with Crippen LogP contribution in [0.25, 0.3) is 6.08 Å². The Hall–Kier alpha value is -3.55. The van der Waals surface area contributed by atoms with E-state index in [9.17, 15) is 14.0 Å². The van der Waals surface area contributed by atoms with Gasteiger partial charge in [-0.15, -0.1) is 0 Å². The van der Waals surface area contributed by atoms with Crippen LogP contribution in [0.4, 0.5) is 4.39 Å². The van der Waals surface area contributed by atoms with Crippen LogP contribution in [0.5, 0.6) is 17.2 Å². The number of nitrogens with one attached hydrogen (secondary N) is 1. The predicted molar refractivity (Wildman–Crippen MR) is 102 cm³/mol. The molecule has 3 rings (SSSR count). The third kappa shape index (κ3) is 5.71. The highest BCUT2D eigenvalue weighted by Gasteiger charge is 2.21. The largest absolute Gasteiger partial charge is 0.494 e. The maximum absolute atomic E-state index is 13.6. The minimum absolute atomic E-state index is 0.109. The van der Waals surface area contributed by atoms with Gasteiger partial charge in [0.05, 0.1) is 13.7 Å². The Balaban J connectivity index is 1.39. The average Bonchev–Trinajstić information content (AvgIpc) is 2.74. The number of carbonyl (C=O) groups excluding carboxylic acids is 2. The fraction of sp³-hybridized carbons (Fsp3) is 0.238. The van der Waals surface area contributed by atoms with E-state index in [0.717, 1.165) is 6.08 Å². The quantitative estimate of drug-likeness (QED) is 0.567. The van der Waals surface area contributed by atoms with Crippen LogP contribution < -0.4 is 19.5 Å². The Labute approximate surface area is 167 Å². The van der Waals surface area contributed by atoms with Crippen molar-refractivity contribution < 1.29 is 32.9 Å². The topological polar surface area (TPSA) is 83.1 Å². The van der Waals surface area contributed by atoms with Gasteiger partial charge in [0.25, 0.3) is 5.91 Å². The van der Waals surface area contributed by atoms with Crippen molar-refractivity contribution >= 4 is 18.0 Å². The molecule has 0 bridgehead atoms. The Morgan fingerprint density at radius 3 is 2.79 bits per heavy atom. The first-order valence-corrected chi connectivity index (χ1v) is 8.88. The van der Waals surface area contributed by atoms with Crippen LogP contribution >= 0.6 is 0 Å². The first-order chi connectivity index (χ1) is 14.0. The highest BCUT2D eigenvalue weighted by molar-refractivity contribution is 5.89. The van der Waals surface area contributed by atoms with Gasteiger partial charge in [0.1, 0.15) is 12.7 Å². The number of hydrogen-bond donors (Lipinski definition) is 1. The lowest BCUT2D eigenvalue weighted by atomic mass is 10.2. The molecule has 1 aliphatic heterocycles. The zero-order valence-electron chi connectivity index (χ0n) is 15.7. The summed E-state index contributed by atoms with van der Waals surface area (Å²) < 4.78 is 34.6. The maximum Gasteiger partial charge on any atom is 0.331 e. The summed E-state index contributed by atoms with van der Waals surface area (Å²) >= 11 is 0. The predicted octanol–water partition coefficient (Wildman–Crippen LogP) is 2.35. The van der Waals surface area contributed by atoms with Gasteiger partial charge in [-0.05, 0) is 35.9 Å². The summed E-state index contributed by atoms with van der Waals surface area (Å²) in [5.41, 5.74) is 0.458. The minimum Gasteiger partial charge on any atom is -0.494 e. The Morgan fingerprint density at radius 1 is 1.24 bits per heavy atom. The molecule has 8 heteroatoms. The van der Waals surface area contributed by atoms with E-state index in [4.69, 9.17) is 18.9 Å². The van der Waals surface area contributed by atoms with Crippen LogP contribution in [-0.4, -0.2) is 44.8 Å². The van der Waals surface area contributed by atoms with E-state index >= 15 is 0 Å². The van der Waals surface area contributed by atoms with Crippen molar-refractivity contribution in [2.24, 2.45) is 0 Å². The molecule has 0 unspecified atom stereocenters. The molecule has 1 amide bonds. The van der Waals surface area contributed by atoms with E-state index in [0.29, 0.717) is 23.7 Å². The molecule has 0 radical (unpaired) electrons. The van der Waals surface area contributed by atoms with Crippen LogP contribution in [0, 0.1) is 5.82 Å². The lowest BCUT2D eigenvalue weighted by molar-refractivity contribution is -0.143. The number of carbonyl (C=O) groups is 2. The second kappa shape index (κ2) is 9.59. The number of ether oxygens (including phenoxy) is 4. The fourth-order valence-corrected chi connectivity index (χ4v) is 2.58. The van der Waals surface area contributed by atoms with Crippen molar-refractivity contribution in [1.82, 2.24) is 5.32 Å². The van der Waals surface area contributed by atoms with Crippen molar-refractivity contribution in [3.05, 3.63) is 59.9 Å². The Bertz CT molecular complexity index is 914. The molecule has 0 aliphatic carbocycles. The smallest absolute Gasteiger partial charge is 0.331 e. The fourth-order valence-electron chi connectivity index (χ4n) is 2.58. The summed E-state index contributed by atoms with van der Waals surface area (Å²) in [7, 11) is 1.36. The second-order valence-electron chi connectivity index (χ2n) is 6.14. The summed E-state index contributed by atoms with van der Waals surface area (Å²) in [6, 6.07) is 11.5. The lowest BCUT2D eigenvalue weighted by Gasteiger charge is -2.26. The third-order valence-electron chi connectivity index (χ3n) is 4.03. The molecule has 29 heavy (non-hydrogen) atoms. The molecule has 0 spiro atoms. The molecule has 0 saturated heterocycles. The number of hydrogen-bond acceptors (Lipinski definition) is 6. The van der Waals surface area contributed by atoms with E-state index in [-0.39, 0.29) is 18.4 Å². The number of halogens is 1. The first-order valence-electron chi connectivity index (χ1n) is 8.88. The molecule has 1 aliphatic rings. The molecule has 2 aromatic rings. The summed E-state index contributed by atoms with van der Waals surface area (Å²) in [6.07, 6.45) is 2.16. The number of rotatable bonds is 7. The minimum atomic E-state index is -0.720. The van der Waals surface area contributed by atoms with Crippen LogP contribution in [0.2, 0.25) is 0 Å². The Morgan fingerprint density at radius 2 is 2.03 bits per heavy atom. The van der Waals surface area contributed by atoms with Gasteiger partial charge in [-0.2, -0.15) is 0 Å². The molecule has 152 valence electrons. The van der Waals surface area contributed by atoms with Gasteiger partial charge < -0.3 is 24.3 Å². The molecular weight excluding hydrogens is 381 g/mol. The standard InChI is InChI=1S/C21H20FNO6/c1-26-17-8-6-14(10-16(17)22)7-9-21(25)28-13-20(24)23-11-15-12-27-18-4-2-3-5-19(18)29-15/h2-10,15H,11-13H2,1H3,(H,23,24)/b9-7+/t15-/m0/s1. The molecule has 7 nitrogen and oxygen atoms in total. The SMILES string of the molecule is COc1ccc(/C=C/C(=O)OCC(=O)NC[C@H]2COc3ccccc3O2)cc1F. The first kappa shape index (κ1) is 20.2. The maximum atomic E-state index is 13.6. The van der Waals surface area contributed by atoms with Crippen LogP contribution in [0.3, 0.4) is 0 Å². The molecule has 2 aromatic carbocycles. The molecule has 1 N–H and O–H groups in total. The van der Waals surface area contributed by atoms with Crippen molar-refractivity contribution in [3.63, 3.8) is 0 Å². The number of benzene rings is 2. The van der Waals surface area contributed by atoms with Gasteiger partial charge >= 0.3 is 5.97 Å². The van der Waals surface area contributed by atoms with Gasteiger partial charge in [-0.1, -0.05) is 18.2 Å². The highest BCUT2D eigenvalue weighted by atomic mass is 19.1. The van der Waals surface area contributed by atoms with Crippen molar-refractivity contribution in [3.8, 4) is 17.2 Å². The van der Waals surface area contributed by atoms with Crippen LogP contribution in [-0.2, 0) is 14.3 Å². The third-order valence-corrected chi connectivity index (χ3v) is 4.03. The van der Waals surface area contributed by atoms with Gasteiger partial charge in [-0.3, -0.25) is 4.79 Å². The summed E-state index contributed by atoms with van der Waals surface area (Å²) in [4.78, 5) is 23.6. The number of fused-ring (bicyclic) bond motifs is 1. The van der Waals surface area contributed by atoms with Gasteiger partial charge in [0.2, 0.25) is 0 Å². The van der Waals surface area contributed by atoms with Gasteiger partial charge in [0, 0.05) is 6.08 Å². The van der Waals surface area contributed by atoms with Gasteiger partial charge in [0.15, 0.2) is 29.7 Å². The molecule has 0 aromatic heterocycles. The molecule has 0 fully saturated rings. The Kier molecular flexibility index (Phi) is 6.67. The number of esters is 1. The monoisotopic (exact) mass is 401 g/mol. The lowest BCUT2D eigenvalue weighted by Crippen LogP contribution is -2.42. The summed E-state index contributed by atoms with van der Waals surface area (Å²) in [6.45, 7) is 0.0776. The average molecular weight is 401 g/mol. The molecule has 1 atom stereocenters. The zero-order chi connectivity index (χ0) is 20.6. The molecular formula is C21H20FNO6. The molecule has 1 heterocycles. The number of para-hydroxylation sites is 2. The van der Waals surface area contributed by atoms with E-state index < -0.39 is 24.3 Å². The van der Waals surface area contributed by atoms with Crippen molar-refractivity contribution in [2.75, 3.05) is 26.9 Å². The van der Waals surface area contributed by atoms with E-state index in [2.05, 4.69) is 5.32 Å². The second-order valence-corrected chi connectivity index (χ2v) is 6.14. The molecule has 0 saturated carbocycles. The van der Waals surface area contributed by atoms with E-state index in [1.165, 1.54) is 25.3 Å². The zero-order valence-corrected chi connectivity index (χ0v) is 15.7. The van der Waals surface area contributed by atoms with Crippen molar-refractivity contribution in [1.29, 1.82) is 0 Å².